The van der Waals surface area contributed by atoms with Crippen LogP contribution in [-0.4, -0.2) is 35.2 Å². The number of nitrogens with zero attached hydrogens (tertiary/aromatic N) is 1. The van der Waals surface area contributed by atoms with E-state index in [9.17, 15) is 18.8 Å². The smallest absolute Gasteiger partial charge is 0.261 e. The van der Waals surface area contributed by atoms with E-state index >= 15 is 0 Å². The van der Waals surface area contributed by atoms with E-state index in [4.69, 9.17) is 0 Å². The first-order chi connectivity index (χ1) is 9.08. The first-order valence-electron chi connectivity index (χ1n) is 6.02. The van der Waals surface area contributed by atoms with Crippen LogP contribution in [0.15, 0.2) is 18.2 Å². The summed E-state index contributed by atoms with van der Waals surface area (Å²) in [6, 6.07) is 3.22. The summed E-state index contributed by atoms with van der Waals surface area (Å²) in [6.45, 7) is 0.257. The molecule has 0 spiro atoms. The Bertz CT molecular complexity index is 590. The van der Waals surface area contributed by atoms with Crippen LogP contribution < -0.4 is 5.32 Å². The van der Waals surface area contributed by atoms with Gasteiger partial charge in [-0.15, -0.1) is 0 Å². The summed E-state index contributed by atoms with van der Waals surface area (Å²) in [5.41, 5.74) is 0.324. The zero-order valence-electron chi connectivity index (χ0n) is 9.98. The van der Waals surface area contributed by atoms with E-state index in [0.717, 1.165) is 17.0 Å². The number of carbonyl (C=O) groups is 3. The maximum Gasteiger partial charge on any atom is 0.261 e. The van der Waals surface area contributed by atoms with Crippen LogP contribution in [0.3, 0.4) is 0 Å². The van der Waals surface area contributed by atoms with Crippen molar-refractivity contribution in [1.82, 2.24) is 10.2 Å². The average molecular weight is 262 g/mol. The van der Waals surface area contributed by atoms with E-state index in [1.54, 1.807) is 0 Å². The van der Waals surface area contributed by atoms with Gasteiger partial charge in [0.15, 0.2) is 0 Å². The number of nitrogens with one attached hydrogen (secondary N) is 1. The van der Waals surface area contributed by atoms with Gasteiger partial charge in [-0.25, -0.2) is 4.39 Å². The number of fused-ring (bicyclic) bond motifs is 1. The lowest BCUT2D eigenvalue weighted by Crippen LogP contribution is -2.50. The molecule has 3 amide bonds. The molecule has 5 nitrogen and oxygen atoms in total. The molecule has 98 valence electrons. The van der Waals surface area contributed by atoms with Crippen molar-refractivity contribution >= 4 is 17.7 Å². The molecule has 0 aromatic heterocycles. The molecule has 0 radical (unpaired) electrons. The molecule has 2 aliphatic rings. The first kappa shape index (κ1) is 11.8. The molecule has 0 aliphatic carbocycles. The van der Waals surface area contributed by atoms with Crippen molar-refractivity contribution in [2.75, 3.05) is 6.54 Å². The van der Waals surface area contributed by atoms with Crippen LogP contribution in [0.25, 0.3) is 0 Å². The van der Waals surface area contributed by atoms with E-state index in [2.05, 4.69) is 5.32 Å². The zero-order chi connectivity index (χ0) is 13.6. The van der Waals surface area contributed by atoms with Crippen LogP contribution in [0.1, 0.15) is 33.6 Å². The lowest BCUT2D eigenvalue weighted by Gasteiger charge is -2.29. The number of hydrogen-bond acceptors (Lipinski definition) is 3. The highest BCUT2D eigenvalue weighted by Gasteiger charge is 2.41. The van der Waals surface area contributed by atoms with Gasteiger partial charge < -0.3 is 5.32 Å². The number of halogens is 1. The fourth-order valence-electron chi connectivity index (χ4n) is 2.50. The van der Waals surface area contributed by atoms with Crippen LogP contribution in [0.5, 0.6) is 0 Å². The largest absolute Gasteiger partial charge is 0.354 e. The number of hydrogen-bond donors (Lipinski definition) is 1. The van der Waals surface area contributed by atoms with Gasteiger partial charge in [-0.05, 0) is 24.6 Å². The predicted octanol–water partition coefficient (Wildman–Crippen LogP) is 0.700. The van der Waals surface area contributed by atoms with E-state index < -0.39 is 17.6 Å². The van der Waals surface area contributed by atoms with Crippen LogP contribution in [0, 0.1) is 5.82 Å². The van der Waals surface area contributed by atoms with Crippen molar-refractivity contribution in [3.63, 3.8) is 0 Å². The molecule has 1 atom stereocenters. The van der Waals surface area contributed by atoms with Gasteiger partial charge in [-0.2, -0.15) is 0 Å². The molecule has 0 saturated carbocycles. The molecule has 2 heterocycles. The van der Waals surface area contributed by atoms with Crippen molar-refractivity contribution in [1.29, 1.82) is 0 Å². The van der Waals surface area contributed by atoms with E-state index in [0.29, 0.717) is 6.42 Å². The highest BCUT2D eigenvalue weighted by molar-refractivity contribution is 6.21. The molecule has 3 rings (SSSR count). The first-order valence-corrected chi connectivity index (χ1v) is 6.02. The SMILES string of the molecule is O=C1CCC(N2C(=O)c3ccc(F)cc3C2=O)CN1. The quantitative estimate of drug-likeness (QED) is 0.758. The van der Waals surface area contributed by atoms with Crippen LogP contribution in [0.4, 0.5) is 4.39 Å². The van der Waals surface area contributed by atoms with Gasteiger partial charge in [0.05, 0.1) is 17.2 Å². The van der Waals surface area contributed by atoms with Crippen molar-refractivity contribution in [2.24, 2.45) is 0 Å². The highest BCUT2D eigenvalue weighted by atomic mass is 19.1. The summed E-state index contributed by atoms with van der Waals surface area (Å²) in [6.07, 6.45) is 0.728. The van der Waals surface area contributed by atoms with Crippen LogP contribution in [-0.2, 0) is 4.79 Å². The maximum absolute atomic E-state index is 13.1. The summed E-state index contributed by atoms with van der Waals surface area (Å²) in [7, 11) is 0. The fourth-order valence-corrected chi connectivity index (χ4v) is 2.50. The van der Waals surface area contributed by atoms with Crippen molar-refractivity contribution < 1.29 is 18.8 Å². The van der Waals surface area contributed by atoms with Gasteiger partial charge in [0.2, 0.25) is 5.91 Å². The molecular weight excluding hydrogens is 251 g/mol. The average Bonchev–Trinajstić information content (AvgIpc) is 2.63. The monoisotopic (exact) mass is 262 g/mol. The summed E-state index contributed by atoms with van der Waals surface area (Å²) < 4.78 is 13.1. The molecule has 0 bridgehead atoms. The van der Waals surface area contributed by atoms with Gasteiger partial charge in [0.25, 0.3) is 11.8 Å². The molecule has 1 fully saturated rings. The minimum Gasteiger partial charge on any atom is -0.354 e. The minimum atomic E-state index is -0.543. The number of rotatable bonds is 1. The maximum atomic E-state index is 13.1. The third kappa shape index (κ3) is 1.80. The van der Waals surface area contributed by atoms with E-state index in [1.807, 2.05) is 0 Å². The molecule has 6 heteroatoms. The van der Waals surface area contributed by atoms with Crippen molar-refractivity contribution in [3.05, 3.63) is 35.1 Å². The van der Waals surface area contributed by atoms with Crippen LogP contribution >= 0.6 is 0 Å². The number of imide groups is 1. The summed E-state index contributed by atoms with van der Waals surface area (Å²) in [4.78, 5) is 36.6. The highest BCUT2D eigenvalue weighted by Crippen LogP contribution is 2.27. The number of amides is 3. The summed E-state index contributed by atoms with van der Waals surface area (Å²) in [5, 5.41) is 2.63. The third-order valence-corrected chi connectivity index (χ3v) is 3.48. The Morgan fingerprint density at radius 2 is 1.89 bits per heavy atom. The van der Waals surface area contributed by atoms with Gasteiger partial charge >= 0.3 is 0 Å². The third-order valence-electron chi connectivity index (χ3n) is 3.48. The normalized spacial score (nSPS) is 22.5. The van der Waals surface area contributed by atoms with Gasteiger partial charge in [-0.3, -0.25) is 19.3 Å². The molecule has 1 saturated heterocycles. The number of carbonyl (C=O) groups excluding carboxylic acids is 3. The molecule has 1 unspecified atom stereocenters. The van der Waals surface area contributed by atoms with E-state index in [1.165, 1.54) is 6.07 Å². The predicted molar refractivity (Wildman–Crippen MR) is 62.9 cm³/mol. The lowest BCUT2D eigenvalue weighted by molar-refractivity contribution is -0.123. The Morgan fingerprint density at radius 3 is 2.58 bits per heavy atom. The Balaban J connectivity index is 1.92. The fraction of sp³-hybridized carbons (Fsp3) is 0.308. The number of piperidine rings is 1. The Morgan fingerprint density at radius 1 is 1.16 bits per heavy atom. The van der Waals surface area contributed by atoms with E-state index in [-0.39, 0.29) is 36.0 Å². The second-order valence-corrected chi connectivity index (χ2v) is 4.67. The zero-order valence-corrected chi connectivity index (χ0v) is 9.98. The standard InChI is InChI=1S/C13H11FN2O3/c14-7-1-3-9-10(5-7)13(19)16(12(9)18)8-2-4-11(17)15-6-8/h1,3,5,8H,2,4,6H2,(H,15,17). The molecule has 1 aromatic carbocycles. The van der Waals surface area contributed by atoms with Crippen molar-refractivity contribution in [2.45, 2.75) is 18.9 Å². The van der Waals surface area contributed by atoms with Crippen molar-refractivity contribution in [3.8, 4) is 0 Å². The lowest BCUT2D eigenvalue weighted by atomic mass is 10.1. The van der Waals surface area contributed by atoms with Gasteiger partial charge in [0.1, 0.15) is 5.82 Å². The molecular formula is C13H11FN2O3. The summed E-state index contributed by atoms with van der Waals surface area (Å²) >= 11 is 0. The topological polar surface area (TPSA) is 66.5 Å². The Kier molecular flexibility index (Phi) is 2.58. The minimum absolute atomic E-state index is 0.0843. The molecule has 19 heavy (non-hydrogen) atoms. The second-order valence-electron chi connectivity index (χ2n) is 4.67. The van der Waals surface area contributed by atoms with Crippen LogP contribution in [0.2, 0.25) is 0 Å². The molecule has 2 aliphatic heterocycles. The molecule has 1 aromatic rings. The number of benzene rings is 1. The Hall–Kier alpha value is -2.24. The molecule has 1 N–H and O–H groups in total. The second kappa shape index (κ2) is 4.15. The van der Waals surface area contributed by atoms with Gasteiger partial charge in [-0.1, -0.05) is 0 Å². The Labute approximate surface area is 108 Å². The van der Waals surface area contributed by atoms with Gasteiger partial charge in [0, 0.05) is 13.0 Å². The summed E-state index contributed by atoms with van der Waals surface area (Å²) in [5.74, 6) is -1.53.